The summed E-state index contributed by atoms with van der Waals surface area (Å²) in [5, 5.41) is 6.72. The van der Waals surface area contributed by atoms with Crippen LogP contribution in [-0.2, 0) is 9.59 Å². The lowest BCUT2D eigenvalue weighted by atomic mass is 10.2. The van der Waals surface area contributed by atoms with E-state index in [1.54, 1.807) is 24.3 Å². The maximum atomic E-state index is 11.8. The number of anilines is 1. The molecular formula is C16H11Cl2N3O4. The van der Waals surface area contributed by atoms with Crippen molar-refractivity contribution in [1.29, 1.82) is 0 Å². The molecule has 2 aromatic rings. The van der Waals surface area contributed by atoms with Crippen LogP contribution in [0.25, 0.3) is 0 Å². The lowest BCUT2D eigenvalue weighted by Gasteiger charge is -2.06. The van der Waals surface area contributed by atoms with Crippen LogP contribution in [0.2, 0.25) is 10.0 Å². The molecule has 1 heterocycles. The van der Waals surface area contributed by atoms with Gasteiger partial charge in [-0.2, -0.15) is 5.10 Å². The predicted molar refractivity (Wildman–Crippen MR) is 93.4 cm³/mol. The Morgan fingerprint density at radius 2 is 1.84 bits per heavy atom. The number of rotatable bonds is 3. The molecule has 0 bridgehead atoms. The first-order chi connectivity index (χ1) is 12.0. The summed E-state index contributed by atoms with van der Waals surface area (Å²) in [6, 6.07) is 9.66. The molecule has 3 rings (SSSR count). The molecule has 0 saturated heterocycles. The zero-order valence-corrected chi connectivity index (χ0v) is 14.1. The molecule has 25 heavy (non-hydrogen) atoms. The van der Waals surface area contributed by atoms with E-state index in [4.69, 9.17) is 32.7 Å². The largest absolute Gasteiger partial charge is 0.454 e. The van der Waals surface area contributed by atoms with Crippen LogP contribution < -0.4 is 20.2 Å². The molecule has 2 aromatic carbocycles. The molecule has 0 aliphatic carbocycles. The van der Waals surface area contributed by atoms with Crippen molar-refractivity contribution in [3.05, 3.63) is 52.0 Å². The highest BCUT2D eigenvalue weighted by Gasteiger charge is 2.15. The second-order valence-electron chi connectivity index (χ2n) is 4.89. The second kappa shape index (κ2) is 7.42. The Morgan fingerprint density at radius 3 is 2.68 bits per heavy atom. The standard InChI is InChI=1S/C16H11Cl2N3O4/c17-10-2-3-11(18)12(6-10)20-15(22)16(23)21-19-7-9-1-4-13-14(5-9)25-8-24-13/h1-7H,8H2,(H,20,22)(H,21,23). The van der Waals surface area contributed by atoms with Crippen molar-refractivity contribution in [2.75, 3.05) is 12.1 Å². The molecule has 2 N–H and O–H groups in total. The Hall–Kier alpha value is -2.77. The minimum Gasteiger partial charge on any atom is -0.454 e. The second-order valence-corrected chi connectivity index (χ2v) is 5.73. The Balaban J connectivity index is 1.58. The van der Waals surface area contributed by atoms with Gasteiger partial charge in [-0.3, -0.25) is 9.59 Å². The fraction of sp³-hybridized carbons (Fsp3) is 0.0625. The van der Waals surface area contributed by atoms with Gasteiger partial charge in [-0.05, 0) is 42.0 Å². The normalized spacial score (nSPS) is 12.2. The highest BCUT2D eigenvalue weighted by Crippen LogP contribution is 2.32. The van der Waals surface area contributed by atoms with Crippen molar-refractivity contribution in [2.24, 2.45) is 5.10 Å². The number of hydrogen-bond donors (Lipinski definition) is 2. The van der Waals surface area contributed by atoms with E-state index >= 15 is 0 Å². The molecule has 1 aliphatic rings. The Kier molecular flexibility index (Phi) is 5.06. The Bertz CT molecular complexity index is 870. The SMILES string of the molecule is O=C(NN=Cc1ccc2c(c1)OCO2)C(=O)Nc1cc(Cl)ccc1Cl. The summed E-state index contributed by atoms with van der Waals surface area (Å²) in [6.07, 6.45) is 1.37. The molecule has 128 valence electrons. The van der Waals surface area contributed by atoms with Crippen molar-refractivity contribution >= 4 is 46.9 Å². The van der Waals surface area contributed by atoms with Gasteiger partial charge in [0.1, 0.15) is 0 Å². The number of hydrogen-bond acceptors (Lipinski definition) is 5. The van der Waals surface area contributed by atoms with Gasteiger partial charge < -0.3 is 14.8 Å². The van der Waals surface area contributed by atoms with Gasteiger partial charge in [0.2, 0.25) is 6.79 Å². The summed E-state index contributed by atoms with van der Waals surface area (Å²) in [6.45, 7) is 0.166. The summed E-state index contributed by atoms with van der Waals surface area (Å²) in [4.78, 5) is 23.6. The Labute approximate surface area is 152 Å². The zero-order valence-electron chi connectivity index (χ0n) is 12.6. The van der Waals surface area contributed by atoms with E-state index in [0.717, 1.165) is 0 Å². The molecule has 0 aromatic heterocycles. The fourth-order valence-electron chi connectivity index (χ4n) is 1.98. The van der Waals surface area contributed by atoms with Crippen molar-refractivity contribution in [2.45, 2.75) is 0 Å². The number of halogens is 2. The van der Waals surface area contributed by atoms with Crippen LogP contribution in [0.3, 0.4) is 0 Å². The van der Waals surface area contributed by atoms with Crippen molar-refractivity contribution in [1.82, 2.24) is 5.43 Å². The highest BCUT2D eigenvalue weighted by atomic mass is 35.5. The van der Waals surface area contributed by atoms with Crippen LogP contribution in [0.15, 0.2) is 41.5 Å². The van der Waals surface area contributed by atoms with Gasteiger partial charge in [-0.1, -0.05) is 23.2 Å². The number of fused-ring (bicyclic) bond motifs is 1. The van der Waals surface area contributed by atoms with Gasteiger partial charge in [-0.15, -0.1) is 0 Å². The van der Waals surface area contributed by atoms with E-state index in [2.05, 4.69) is 15.8 Å². The summed E-state index contributed by atoms with van der Waals surface area (Å²) >= 11 is 11.7. The predicted octanol–water partition coefficient (Wildman–Crippen LogP) is 2.81. The van der Waals surface area contributed by atoms with Gasteiger partial charge in [0.05, 0.1) is 16.9 Å². The molecule has 9 heteroatoms. The molecule has 0 atom stereocenters. The first-order valence-corrected chi connectivity index (χ1v) is 7.77. The lowest BCUT2D eigenvalue weighted by Crippen LogP contribution is -2.32. The number of nitrogens with zero attached hydrogens (tertiary/aromatic N) is 1. The van der Waals surface area contributed by atoms with Crippen molar-refractivity contribution < 1.29 is 19.1 Å². The molecule has 2 amide bonds. The minimum absolute atomic E-state index is 0.166. The third-order valence-corrected chi connectivity index (χ3v) is 3.72. The van der Waals surface area contributed by atoms with Crippen LogP contribution >= 0.6 is 23.2 Å². The smallest absolute Gasteiger partial charge is 0.329 e. The molecule has 0 saturated carbocycles. The maximum Gasteiger partial charge on any atom is 0.329 e. The third-order valence-electron chi connectivity index (χ3n) is 3.16. The molecule has 0 radical (unpaired) electrons. The van der Waals surface area contributed by atoms with Gasteiger partial charge in [0.25, 0.3) is 0 Å². The topological polar surface area (TPSA) is 89.0 Å². The number of ether oxygens (including phenoxy) is 2. The van der Waals surface area contributed by atoms with E-state index < -0.39 is 11.8 Å². The van der Waals surface area contributed by atoms with Gasteiger partial charge in [0, 0.05) is 5.02 Å². The zero-order chi connectivity index (χ0) is 17.8. The van der Waals surface area contributed by atoms with Crippen LogP contribution in [0.4, 0.5) is 5.69 Å². The van der Waals surface area contributed by atoms with Crippen molar-refractivity contribution in [3.63, 3.8) is 0 Å². The molecule has 0 fully saturated rings. The Morgan fingerprint density at radius 1 is 1.04 bits per heavy atom. The van der Waals surface area contributed by atoms with Gasteiger partial charge >= 0.3 is 11.8 Å². The summed E-state index contributed by atoms with van der Waals surface area (Å²) in [5.41, 5.74) is 3.02. The van der Waals surface area contributed by atoms with Crippen LogP contribution in [-0.4, -0.2) is 24.8 Å². The molecule has 0 spiro atoms. The lowest BCUT2D eigenvalue weighted by molar-refractivity contribution is -0.136. The van der Waals surface area contributed by atoms with E-state index in [0.29, 0.717) is 22.1 Å². The number of amides is 2. The fourth-order valence-corrected chi connectivity index (χ4v) is 2.32. The van der Waals surface area contributed by atoms with Crippen LogP contribution in [0, 0.1) is 0 Å². The van der Waals surface area contributed by atoms with Crippen LogP contribution in [0.1, 0.15) is 5.56 Å². The number of carbonyl (C=O) groups is 2. The van der Waals surface area contributed by atoms with Gasteiger partial charge in [0.15, 0.2) is 11.5 Å². The highest BCUT2D eigenvalue weighted by molar-refractivity contribution is 6.42. The van der Waals surface area contributed by atoms with Crippen molar-refractivity contribution in [3.8, 4) is 11.5 Å². The molecule has 7 nitrogen and oxygen atoms in total. The number of benzene rings is 2. The molecular weight excluding hydrogens is 369 g/mol. The average Bonchev–Trinajstić information content (AvgIpc) is 3.05. The third kappa shape index (κ3) is 4.20. The monoisotopic (exact) mass is 379 g/mol. The maximum absolute atomic E-state index is 11.8. The summed E-state index contributed by atoms with van der Waals surface area (Å²) in [5.74, 6) is -0.650. The minimum atomic E-state index is -0.951. The number of carbonyl (C=O) groups excluding carboxylic acids is 2. The first kappa shape index (κ1) is 17.1. The van der Waals surface area contributed by atoms with E-state index in [1.807, 2.05) is 0 Å². The van der Waals surface area contributed by atoms with E-state index in [9.17, 15) is 9.59 Å². The van der Waals surface area contributed by atoms with Gasteiger partial charge in [-0.25, -0.2) is 5.43 Å². The van der Waals surface area contributed by atoms with Crippen LogP contribution in [0.5, 0.6) is 11.5 Å². The van der Waals surface area contributed by atoms with E-state index in [1.165, 1.54) is 18.3 Å². The van der Waals surface area contributed by atoms with E-state index in [-0.39, 0.29) is 17.5 Å². The summed E-state index contributed by atoms with van der Waals surface area (Å²) < 4.78 is 10.4. The average molecular weight is 380 g/mol. The molecule has 0 unspecified atom stereocenters. The number of nitrogens with one attached hydrogen (secondary N) is 2. The molecule has 1 aliphatic heterocycles. The quantitative estimate of drug-likeness (QED) is 0.487. The summed E-state index contributed by atoms with van der Waals surface area (Å²) in [7, 11) is 0. The first-order valence-electron chi connectivity index (χ1n) is 7.02. The number of hydrazone groups is 1.